The molecule has 206 valence electrons. The number of dihydropyridines is 1. The van der Waals surface area contributed by atoms with Crippen LogP contribution in [0.3, 0.4) is 0 Å². The molecule has 0 fully saturated rings. The summed E-state index contributed by atoms with van der Waals surface area (Å²) < 4.78 is 17.6. The van der Waals surface area contributed by atoms with E-state index in [1.165, 1.54) is 7.11 Å². The maximum Gasteiger partial charge on any atom is 0.336 e. The van der Waals surface area contributed by atoms with Gasteiger partial charge in [-0.3, -0.25) is 4.79 Å². The highest BCUT2D eigenvalue weighted by Crippen LogP contribution is 2.48. The quantitative estimate of drug-likeness (QED) is 0.259. The predicted molar refractivity (Wildman–Crippen MR) is 155 cm³/mol. The summed E-state index contributed by atoms with van der Waals surface area (Å²) in [6.45, 7) is 8.14. The maximum atomic E-state index is 13.8. The van der Waals surface area contributed by atoms with Gasteiger partial charge in [0.25, 0.3) is 0 Å². The number of rotatable bonds is 9. The van der Waals surface area contributed by atoms with Crippen LogP contribution in [-0.2, 0) is 22.6 Å². The second-order valence-corrected chi connectivity index (χ2v) is 9.74. The molecule has 41 heavy (non-hydrogen) atoms. The standard InChI is InChI=1S/C34H30N2O5/c1-5-11-21-16-24(17-27(40-6-2)33(21)41-19-23-13-8-7-12-22(23)18-35)29-28(34(38)39-4)20(3)36-31-25-14-9-10-15-26(25)32(37)30(29)31/h5,7-10,12-17,29,36H,1,6,11,19H2,2-4H3/t29-/m1/s1. The van der Waals surface area contributed by atoms with Crippen molar-refractivity contribution < 1.29 is 23.8 Å². The lowest BCUT2D eigenvalue weighted by Crippen LogP contribution is -2.29. The Labute approximate surface area is 239 Å². The fourth-order valence-electron chi connectivity index (χ4n) is 5.53. The minimum Gasteiger partial charge on any atom is -0.490 e. The molecule has 2 aliphatic rings. The fraction of sp³-hybridized carbons (Fsp3) is 0.206. The number of hydrogen-bond donors (Lipinski definition) is 1. The Morgan fingerprint density at radius 1 is 1.07 bits per heavy atom. The number of benzene rings is 3. The first-order valence-electron chi connectivity index (χ1n) is 13.4. The minimum atomic E-state index is -0.699. The first-order chi connectivity index (χ1) is 19.9. The normalized spacial score (nSPS) is 15.5. The molecule has 0 aromatic heterocycles. The number of allylic oxidation sites excluding steroid dienone is 3. The molecule has 3 aromatic rings. The van der Waals surface area contributed by atoms with Crippen LogP contribution in [0.15, 0.2) is 90.2 Å². The van der Waals surface area contributed by atoms with Crippen LogP contribution >= 0.6 is 0 Å². The van der Waals surface area contributed by atoms with E-state index in [2.05, 4.69) is 18.0 Å². The van der Waals surface area contributed by atoms with Crippen molar-refractivity contribution in [1.82, 2.24) is 5.32 Å². The lowest BCUT2D eigenvalue weighted by atomic mass is 9.79. The average molecular weight is 547 g/mol. The molecule has 0 saturated heterocycles. The van der Waals surface area contributed by atoms with E-state index < -0.39 is 11.9 Å². The molecule has 1 N–H and O–H groups in total. The number of esters is 1. The van der Waals surface area contributed by atoms with Crippen molar-refractivity contribution in [2.45, 2.75) is 32.8 Å². The number of methoxy groups -OCH3 is 1. The smallest absolute Gasteiger partial charge is 0.336 e. The van der Waals surface area contributed by atoms with Gasteiger partial charge in [-0.05, 0) is 38.0 Å². The van der Waals surface area contributed by atoms with E-state index in [1.807, 2.05) is 62.4 Å². The number of ether oxygens (including phenoxy) is 3. The molecule has 7 nitrogen and oxygen atoms in total. The summed E-state index contributed by atoms with van der Waals surface area (Å²) in [6.07, 6.45) is 2.21. The summed E-state index contributed by atoms with van der Waals surface area (Å²) in [5.41, 5.74) is 6.29. The van der Waals surface area contributed by atoms with Crippen molar-refractivity contribution >= 4 is 17.4 Å². The molecular weight excluding hydrogens is 516 g/mol. The summed E-state index contributed by atoms with van der Waals surface area (Å²) in [6, 6.07) is 20.7. The third-order valence-corrected chi connectivity index (χ3v) is 7.32. The van der Waals surface area contributed by atoms with Crippen LogP contribution < -0.4 is 14.8 Å². The van der Waals surface area contributed by atoms with Gasteiger partial charge in [0.15, 0.2) is 17.3 Å². The molecule has 1 heterocycles. The Hall–Kier alpha value is -5.09. The zero-order valence-corrected chi connectivity index (χ0v) is 23.2. The summed E-state index contributed by atoms with van der Waals surface area (Å²) in [5.74, 6) is -0.366. The number of Topliss-reactive ketones (excluding diaryl/α,β-unsaturated/α-hetero) is 1. The van der Waals surface area contributed by atoms with Crippen molar-refractivity contribution in [3.05, 3.63) is 124 Å². The van der Waals surface area contributed by atoms with Crippen LogP contribution in [0.1, 0.15) is 57.9 Å². The van der Waals surface area contributed by atoms with Crippen LogP contribution in [0.5, 0.6) is 11.5 Å². The molecule has 1 aliphatic carbocycles. The summed E-state index contributed by atoms with van der Waals surface area (Å²) >= 11 is 0. The molecule has 5 rings (SSSR count). The number of nitriles is 1. The number of ketones is 1. The van der Waals surface area contributed by atoms with Crippen LogP contribution in [-0.4, -0.2) is 25.5 Å². The van der Waals surface area contributed by atoms with Gasteiger partial charge in [0.1, 0.15) is 6.61 Å². The van der Waals surface area contributed by atoms with Crippen molar-refractivity contribution in [3.63, 3.8) is 0 Å². The van der Waals surface area contributed by atoms with E-state index in [0.29, 0.717) is 63.8 Å². The molecule has 3 aromatic carbocycles. The molecule has 1 atom stereocenters. The second-order valence-electron chi connectivity index (χ2n) is 9.74. The Morgan fingerprint density at radius 3 is 2.51 bits per heavy atom. The van der Waals surface area contributed by atoms with Gasteiger partial charge in [-0.2, -0.15) is 5.26 Å². The summed E-state index contributed by atoms with van der Waals surface area (Å²) in [4.78, 5) is 27.0. The first kappa shape index (κ1) is 27.5. The van der Waals surface area contributed by atoms with Crippen molar-refractivity contribution in [2.24, 2.45) is 0 Å². The SMILES string of the molecule is C=CCc1cc([C@@H]2C(C(=O)OC)=C(C)NC3=C2C(=O)c2ccccc23)cc(OCC)c1OCc1ccccc1C#N. The van der Waals surface area contributed by atoms with Gasteiger partial charge in [0.2, 0.25) is 0 Å². The van der Waals surface area contributed by atoms with Crippen LogP contribution in [0.2, 0.25) is 0 Å². The van der Waals surface area contributed by atoms with Crippen LogP contribution in [0.4, 0.5) is 0 Å². The highest BCUT2D eigenvalue weighted by Gasteiger charge is 2.43. The number of nitrogens with zero attached hydrogens (tertiary/aromatic N) is 1. The average Bonchev–Trinajstić information content (AvgIpc) is 3.27. The van der Waals surface area contributed by atoms with Gasteiger partial charge in [-0.25, -0.2) is 4.79 Å². The first-order valence-corrected chi connectivity index (χ1v) is 13.4. The van der Waals surface area contributed by atoms with Crippen LogP contribution in [0.25, 0.3) is 5.70 Å². The van der Waals surface area contributed by atoms with Crippen molar-refractivity contribution in [1.29, 1.82) is 5.26 Å². The number of hydrogen-bond acceptors (Lipinski definition) is 7. The molecule has 0 bridgehead atoms. The van der Waals surface area contributed by atoms with E-state index in [9.17, 15) is 14.9 Å². The number of fused-ring (bicyclic) bond motifs is 2. The van der Waals surface area contributed by atoms with Gasteiger partial charge in [-0.15, -0.1) is 6.58 Å². The Kier molecular flexibility index (Phi) is 7.75. The van der Waals surface area contributed by atoms with Crippen molar-refractivity contribution in [2.75, 3.05) is 13.7 Å². The van der Waals surface area contributed by atoms with Gasteiger partial charge in [0, 0.05) is 39.4 Å². The minimum absolute atomic E-state index is 0.140. The van der Waals surface area contributed by atoms with Gasteiger partial charge in [-0.1, -0.05) is 54.6 Å². The van der Waals surface area contributed by atoms with Crippen LogP contribution in [0, 0.1) is 11.3 Å². The van der Waals surface area contributed by atoms with E-state index in [4.69, 9.17) is 14.2 Å². The Balaban J connectivity index is 1.67. The molecule has 0 unspecified atom stereocenters. The van der Waals surface area contributed by atoms with Crippen molar-refractivity contribution in [3.8, 4) is 17.6 Å². The predicted octanol–water partition coefficient (Wildman–Crippen LogP) is 6.01. The molecule has 0 saturated carbocycles. The zero-order chi connectivity index (χ0) is 29.1. The lowest BCUT2D eigenvalue weighted by molar-refractivity contribution is -0.136. The molecule has 0 amide bonds. The number of carbonyl (C=O) groups excluding carboxylic acids is 2. The molecular formula is C34H30N2O5. The lowest BCUT2D eigenvalue weighted by Gasteiger charge is -2.30. The number of nitrogens with one attached hydrogen (secondary N) is 1. The van der Waals surface area contributed by atoms with Gasteiger partial charge < -0.3 is 19.5 Å². The highest BCUT2D eigenvalue weighted by atomic mass is 16.5. The molecule has 0 radical (unpaired) electrons. The molecule has 1 aliphatic heterocycles. The maximum absolute atomic E-state index is 13.8. The Bertz CT molecular complexity index is 1670. The molecule has 0 spiro atoms. The van der Waals surface area contributed by atoms with E-state index >= 15 is 0 Å². The van der Waals surface area contributed by atoms with E-state index in [0.717, 1.165) is 16.7 Å². The van der Waals surface area contributed by atoms with Gasteiger partial charge >= 0.3 is 5.97 Å². The Morgan fingerprint density at radius 2 is 1.80 bits per heavy atom. The third kappa shape index (κ3) is 4.89. The van der Waals surface area contributed by atoms with E-state index in [1.54, 1.807) is 18.2 Å². The summed E-state index contributed by atoms with van der Waals surface area (Å²) in [7, 11) is 1.33. The fourth-order valence-corrected chi connectivity index (χ4v) is 5.53. The number of carbonyl (C=O) groups is 2. The monoisotopic (exact) mass is 546 g/mol. The largest absolute Gasteiger partial charge is 0.490 e. The second kappa shape index (κ2) is 11.6. The molecule has 7 heteroatoms. The highest BCUT2D eigenvalue weighted by molar-refractivity contribution is 6.23. The topological polar surface area (TPSA) is 97.7 Å². The zero-order valence-electron chi connectivity index (χ0n) is 23.2. The summed E-state index contributed by atoms with van der Waals surface area (Å²) in [5, 5.41) is 12.8. The third-order valence-electron chi connectivity index (χ3n) is 7.32. The van der Waals surface area contributed by atoms with Gasteiger partial charge in [0.05, 0.1) is 36.6 Å². The van der Waals surface area contributed by atoms with E-state index in [-0.39, 0.29) is 12.4 Å².